The van der Waals surface area contributed by atoms with E-state index >= 15 is 0 Å². The molecule has 0 bridgehead atoms. The molecule has 0 aromatic heterocycles. The van der Waals surface area contributed by atoms with Crippen molar-refractivity contribution in [3.05, 3.63) is 35.4 Å². The molecule has 0 heterocycles. The van der Waals surface area contributed by atoms with Crippen LogP contribution in [0.4, 0.5) is 8.78 Å². The van der Waals surface area contributed by atoms with E-state index in [1.807, 2.05) is 0 Å². The Morgan fingerprint density at radius 2 is 2.00 bits per heavy atom. The third kappa shape index (κ3) is 1.63. The fourth-order valence-electron chi connectivity index (χ4n) is 2.30. The maximum Gasteiger partial charge on any atom is 0.276 e. The Labute approximate surface area is 99.1 Å². The molecule has 2 aliphatic carbocycles. The van der Waals surface area contributed by atoms with Gasteiger partial charge in [0, 0.05) is 11.5 Å². The lowest BCUT2D eigenvalue weighted by Crippen LogP contribution is -2.17. The van der Waals surface area contributed by atoms with Crippen molar-refractivity contribution in [2.45, 2.75) is 37.0 Å². The fourth-order valence-corrected chi connectivity index (χ4v) is 2.30. The van der Waals surface area contributed by atoms with E-state index in [1.54, 1.807) is 12.1 Å². The first-order valence-electron chi connectivity index (χ1n) is 5.99. The normalized spacial score (nSPS) is 21.9. The van der Waals surface area contributed by atoms with Gasteiger partial charge in [0.15, 0.2) is 0 Å². The fraction of sp³-hybridized carbons (Fsp3) is 0.500. The number of nitrogens with zero attached hydrogens (tertiary/aromatic N) is 1. The largest absolute Gasteiger partial charge is 0.276 e. The molecule has 17 heavy (non-hydrogen) atoms. The zero-order valence-corrected chi connectivity index (χ0v) is 9.42. The summed E-state index contributed by atoms with van der Waals surface area (Å²) in [6.07, 6.45) is 2.81. The Morgan fingerprint density at radius 1 is 1.29 bits per heavy atom. The Balaban J connectivity index is 1.97. The summed E-state index contributed by atoms with van der Waals surface area (Å²) in [6, 6.07) is 8.71. The number of nitriles is 1. The SMILES string of the molecule is N#CC1(c2cccc(C(F)(F)C3CC3)c2)CC1. The summed E-state index contributed by atoms with van der Waals surface area (Å²) in [6.45, 7) is 0. The monoisotopic (exact) mass is 233 g/mol. The lowest BCUT2D eigenvalue weighted by molar-refractivity contribution is -0.0286. The summed E-state index contributed by atoms with van der Waals surface area (Å²) in [7, 11) is 0. The van der Waals surface area contributed by atoms with Gasteiger partial charge in [-0.2, -0.15) is 5.26 Å². The van der Waals surface area contributed by atoms with E-state index in [2.05, 4.69) is 6.07 Å². The highest BCUT2D eigenvalue weighted by Gasteiger charge is 2.49. The smallest absolute Gasteiger partial charge is 0.201 e. The third-order valence-corrected chi connectivity index (χ3v) is 3.85. The number of alkyl halides is 2. The number of rotatable bonds is 3. The topological polar surface area (TPSA) is 23.8 Å². The summed E-state index contributed by atoms with van der Waals surface area (Å²) < 4.78 is 27.9. The van der Waals surface area contributed by atoms with Crippen molar-refractivity contribution >= 4 is 0 Å². The van der Waals surface area contributed by atoms with E-state index in [4.69, 9.17) is 5.26 Å². The summed E-state index contributed by atoms with van der Waals surface area (Å²) >= 11 is 0. The minimum atomic E-state index is -2.72. The second-order valence-electron chi connectivity index (χ2n) is 5.17. The van der Waals surface area contributed by atoms with Gasteiger partial charge >= 0.3 is 0 Å². The number of hydrogen-bond acceptors (Lipinski definition) is 1. The first kappa shape index (κ1) is 10.7. The predicted molar refractivity (Wildman–Crippen MR) is 59.6 cm³/mol. The van der Waals surface area contributed by atoms with Gasteiger partial charge in [0.25, 0.3) is 5.92 Å². The van der Waals surface area contributed by atoms with E-state index in [0.717, 1.165) is 18.4 Å². The molecule has 0 aliphatic heterocycles. The molecule has 0 radical (unpaired) electrons. The van der Waals surface area contributed by atoms with E-state index in [9.17, 15) is 8.78 Å². The highest BCUT2D eigenvalue weighted by molar-refractivity contribution is 5.42. The zero-order chi connectivity index (χ0) is 12.1. The molecule has 3 heteroatoms. The van der Waals surface area contributed by atoms with Crippen LogP contribution in [0.15, 0.2) is 24.3 Å². The summed E-state index contributed by atoms with van der Waals surface area (Å²) in [5, 5.41) is 9.09. The number of hydrogen-bond donors (Lipinski definition) is 0. The van der Waals surface area contributed by atoms with Gasteiger partial charge in [-0.3, -0.25) is 0 Å². The van der Waals surface area contributed by atoms with Crippen LogP contribution in [0, 0.1) is 17.2 Å². The van der Waals surface area contributed by atoms with E-state index < -0.39 is 17.3 Å². The van der Waals surface area contributed by atoms with Gasteiger partial charge in [-0.1, -0.05) is 18.2 Å². The molecule has 88 valence electrons. The molecule has 0 saturated heterocycles. The van der Waals surface area contributed by atoms with Crippen molar-refractivity contribution in [1.29, 1.82) is 5.26 Å². The van der Waals surface area contributed by atoms with Crippen LogP contribution in [0.5, 0.6) is 0 Å². The van der Waals surface area contributed by atoms with Crippen LogP contribution >= 0.6 is 0 Å². The third-order valence-electron chi connectivity index (χ3n) is 3.85. The van der Waals surface area contributed by atoms with Gasteiger partial charge in [-0.25, -0.2) is 8.78 Å². The van der Waals surface area contributed by atoms with Gasteiger partial charge < -0.3 is 0 Å². The molecule has 2 aliphatic rings. The van der Waals surface area contributed by atoms with Crippen LogP contribution in [-0.2, 0) is 11.3 Å². The first-order valence-corrected chi connectivity index (χ1v) is 5.99. The molecule has 0 atom stereocenters. The van der Waals surface area contributed by atoms with Crippen LogP contribution < -0.4 is 0 Å². The van der Waals surface area contributed by atoms with Gasteiger partial charge in [-0.15, -0.1) is 0 Å². The molecule has 1 nitrogen and oxygen atoms in total. The van der Waals surface area contributed by atoms with E-state index in [0.29, 0.717) is 12.8 Å². The second-order valence-corrected chi connectivity index (χ2v) is 5.17. The Morgan fingerprint density at radius 3 is 2.53 bits per heavy atom. The van der Waals surface area contributed by atoms with Crippen LogP contribution in [0.1, 0.15) is 36.8 Å². The molecule has 2 saturated carbocycles. The maximum atomic E-state index is 14.0. The second kappa shape index (κ2) is 3.29. The highest BCUT2D eigenvalue weighted by Crippen LogP contribution is 2.52. The van der Waals surface area contributed by atoms with E-state index in [-0.39, 0.29) is 5.56 Å². The summed E-state index contributed by atoms with van der Waals surface area (Å²) in [5.41, 5.74) is 0.368. The zero-order valence-electron chi connectivity index (χ0n) is 9.42. The van der Waals surface area contributed by atoms with Crippen molar-refractivity contribution in [2.75, 3.05) is 0 Å². The molecule has 3 rings (SSSR count). The molecule has 1 aromatic rings. The van der Waals surface area contributed by atoms with Crippen LogP contribution in [0.3, 0.4) is 0 Å². The van der Waals surface area contributed by atoms with Gasteiger partial charge in [0.1, 0.15) is 0 Å². The Bertz CT molecular complexity index is 493. The molecular weight excluding hydrogens is 220 g/mol. The quantitative estimate of drug-likeness (QED) is 0.780. The van der Waals surface area contributed by atoms with Crippen molar-refractivity contribution < 1.29 is 8.78 Å². The van der Waals surface area contributed by atoms with Crippen LogP contribution in [0.2, 0.25) is 0 Å². The van der Waals surface area contributed by atoms with Crippen molar-refractivity contribution in [2.24, 2.45) is 5.92 Å². The number of benzene rings is 1. The van der Waals surface area contributed by atoms with Gasteiger partial charge in [0.2, 0.25) is 0 Å². The Hall–Kier alpha value is -1.43. The van der Waals surface area contributed by atoms with Gasteiger partial charge in [-0.05, 0) is 37.3 Å². The highest BCUT2D eigenvalue weighted by atomic mass is 19.3. The van der Waals surface area contributed by atoms with Crippen LogP contribution in [0.25, 0.3) is 0 Å². The minimum Gasteiger partial charge on any atom is -0.201 e. The minimum absolute atomic E-state index is 0.0824. The lowest BCUT2D eigenvalue weighted by atomic mass is 9.93. The van der Waals surface area contributed by atoms with Crippen LogP contribution in [-0.4, -0.2) is 0 Å². The van der Waals surface area contributed by atoms with Crippen molar-refractivity contribution in [3.63, 3.8) is 0 Å². The van der Waals surface area contributed by atoms with Crippen molar-refractivity contribution in [3.8, 4) is 6.07 Å². The van der Waals surface area contributed by atoms with Crippen molar-refractivity contribution in [1.82, 2.24) is 0 Å². The number of halogens is 2. The summed E-state index contributed by atoms with van der Waals surface area (Å²) in [5.74, 6) is -3.21. The Kier molecular flexibility index (Phi) is 2.07. The first-order chi connectivity index (χ1) is 8.08. The maximum absolute atomic E-state index is 14.0. The molecule has 2 fully saturated rings. The summed E-state index contributed by atoms with van der Waals surface area (Å²) in [4.78, 5) is 0. The average Bonchev–Trinajstić information content (AvgIpc) is 3.19. The standard InChI is InChI=1S/C14H13F2N/c15-14(16,10-4-5-10)12-3-1-2-11(8-12)13(9-17)6-7-13/h1-3,8,10H,4-7H2. The van der Waals surface area contributed by atoms with Gasteiger partial charge in [0.05, 0.1) is 11.5 Å². The van der Waals surface area contributed by atoms with E-state index in [1.165, 1.54) is 12.1 Å². The lowest BCUT2D eigenvalue weighted by Gasteiger charge is -2.17. The molecule has 0 N–H and O–H groups in total. The molecular formula is C14H13F2N. The molecule has 0 spiro atoms. The average molecular weight is 233 g/mol. The molecule has 0 amide bonds. The molecule has 0 unspecified atom stereocenters. The predicted octanol–water partition coefficient (Wildman–Crippen LogP) is 3.74. The molecule has 1 aromatic carbocycles.